The Morgan fingerprint density at radius 1 is 1.59 bits per heavy atom. The van der Waals surface area contributed by atoms with Gasteiger partial charge >= 0.3 is 5.97 Å². The smallest absolute Gasteiger partial charge is 0.326 e. The summed E-state index contributed by atoms with van der Waals surface area (Å²) in [7, 11) is 0. The number of carbonyl (C=O) groups is 1. The predicted octanol–water partition coefficient (Wildman–Crippen LogP) is 2.60. The fraction of sp³-hybridized carbons (Fsp3) is 0.333. The van der Waals surface area contributed by atoms with Crippen molar-refractivity contribution in [1.82, 2.24) is 0 Å². The number of rotatable bonds is 2. The molecule has 0 spiro atoms. The van der Waals surface area contributed by atoms with E-state index in [1.807, 2.05) is 24.3 Å². The van der Waals surface area contributed by atoms with E-state index in [9.17, 15) is 4.79 Å². The molecule has 17 heavy (non-hydrogen) atoms. The van der Waals surface area contributed by atoms with Crippen LogP contribution >= 0.6 is 24.0 Å². The zero-order valence-corrected chi connectivity index (χ0v) is 11.1. The van der Waals surface area contributed by atoms with E-state index < -0.39 is 5.25 Å². The second kappa shape index (κ2) is 5.51. The van der Waals surface area contributed by atoms with Gasteiger partial charge in [0, 0.05) is 11.4 Å². The van der Waals surface area contributed by atoms with Crippen LogP contribution in [0.3, 0.4) is 0 Å². The third kappa shape index (κ3) is 2.79. The van der Waals surface area contributed by atoms with Crippen LogP contribution in [0.1, 0.15) is 12.5 Å². The van der Waals surface area contributed by atoms with Crippen molar-refractivity contribution in [3.8, 4) is 0 Å². The predicted molar refractivity (Wildman–Crippen MR) is 74.4 cm³/mol. The second-order valence-electron chi connectivity index (χ2n) is 3.59. The third-order valence-electron chi connectivity index (χ3n) is 2.42. The first-order valence-corrected chi connectivity index (χ1v) is 6.85. The van der Waals surface area contributed by atoms with Gasteiger partial charge in [0.2, 0.25) is 0 Å². The topological polar surface area (TPSA) is 38.3 Å². The van der Waals surface area contributed by atoms with E-state index in [1.165, 1.54) is 11.8 Å². The molecule has 0 saturated carbocycles. The summed E-state index contributed by atoms with van der Waals surface area (Å²) in [6.07, 6.45) is 0. The molecule has 0 bridgehead atoms. The maximum absolute atomic E-state index is 11.7. The number of hydrogen-bond donors (Lipinski definition) is 1. The van der Waals surface area contributed by atoms with Gasteiger partial charge < -0.3 is 10.1 Å². The average molecular weight is 267 g/mol. The monoisotopic (exact) mass is 267 g/mol. The molecule has 5 heteroatoms. The molecular weight excluding hydrogens is 254 g/mol. The van der Waals surface area contributed by atoms with Crippen LogP contribution in [0.5, 0.6) is 0 Å². The number of nitrogens with one attached hydrogen (secondary N) is 1. The van der Waals surface area contributed by atoms with E-state index in [1.54, 1.807) is 6.92 Å². The minimum absolute atomic E-state index is 0.261. The van der Waals surface area contributed by atoms with Crippen molar-refractivity contribution in [2.75, 3.05) is 11.9 Å². The van der Waals surface area contributed by atoms with Crippen molar-refractivity contribution in [1.29, 1.82) is 0 Å². The first-order valence-electron chi connectivity index (χ1n) is 5.39. The molecule has 1 aromatic carbocycles. The molecule has 90 valence electrons. The molecular formula is C12H13NO2S2. The summed E-state index contributed by atoms with van der Waals surface area (Å²) in [5.74, 6) is 0.495. The molecule has 3 nitrogen and oxygen atoms in total. The number of thiocarbonyl (C=S) groups is 1. The van der Waals surface area contributed by atoms with Gasteiger partial charge in [-0.3, -0.25) is 4.79 Å². The van der Waals surface area contributed by atoms with E-state index in [4.69, 9.17) is 17.0 Å². The van der Waals surface area contributed by atoms with Gasteiger partial charge in [-0.25, -0.2) is 0 Å². The van der Waals surface area contributed by atoms with Crippen LogP contribution in [0.25, 0.3) is 0 Å². The van der Waals surface area contributed by atoms with Gasteiger partial charge in [0.15, 0.2) is 5.25 Å². The highest BCUT2D eigenvalue weighted by atomic mass is 32.2. The summed E-state index contributed by atoms with van der Waals surface area (Å²) in [6.45, 7) is 2.18. The summed E-state index contributed by atoms with van der Waals surface area (Å²) in [5, 5.41) is 2.72. The van der Waals surface area contributed by atoms with Crippen molar-refractivity contribution < 1.29 is 9.53 Å². The Bertz CT molecular complexity index is 448. The van der Waals surface area contributed by atoms with Crippen molar-refractivity contribution in [2.24, 2.45) is 0 Å². The van der Waals surface area contributed by atoms with Gasteiger partial charge in [0.1, 0.15) is 4.99 Å². The lowest BCUT2D eigenvalue weighted by Gasteiger charge is -2.13. The molecule has 0 saturated heterocycles. The lowest BCUT2D eigenvalue weighted by Crippen LogP contribution is -2.31. The maximum Gasteiger partial charge on any atom is 0.326 e. The molecule has 0 aliphatic carbocycles. The largest absolute Gasteiger partial charge is 0.465 e. The van der Waals surface area contributed by atoms with Crippen LogP contribution < -0.4 is 5.32 Å². The number of thioether (sulfide) groups is 1. The summed E-state index contributed by atoms with van der Waals surface area (Å²) in [6, 6.07) is 7.93. The molecule has 1 N–H and O–H groups in total. The molecule has 1 aliphatic heterocycles. The molecule has 1 heterocycles. The molecule has 1 unspecified atom stereocenters. The number of esters is 1. The third-order valence-corrected chi connectivity index (χ3v) is 4.15. The number of fused-ring (bicyclic) bond motifs is 1. The van der Waals surface area contributed by atoms with E-state index in [-0.39, 0.29) is 5.97 Å². The zero-order valence-electron chi connectivity index (χ0n) is 9.43. The highest BCUT2D eigenvalue weighted by molar-refractivity contribution is 8.01. The molecule has 0 radical (unpaired) electrons. The molecule has 0 fully saturated rings. The molecule has 1 aliphatic rings. The summed E-state index contributed by atoms with van der Waals surface area (Å²) in [5.41, 5.74) is 2.14. The molecule has 1 atom stereocenters. The van der Waals surface area contributed by atoms with Crippen LogP contribution in [0.15, 0.2) is 24.3 Å². The summed E-state index contributed by atoms with van der Waals surface area (Å²) in [4.78, 5) is 12.3. The highest BCUT2D eigenvalue weighted by Gasteiger charge is 2.28. The van der Waals surface area contributed by atoms with Crippen molar-refractivity contribution in [2.45, 2.75) is 17.9 Å². The van der Waals surface area contributed by atoms with Crippen LogP contribution in [0, 0.1) is 0 Å². The van der Waals surface area contributed by atoms with Gasteiger partial charge in [-0.05, 0) is 18.6 Å². The van der Waals surface area contributed by atoms with Crippen molar-refractivity contribution in [3.63, 3.8) is 0 Å². The van der Waals surface area contributed by atoms with E-state index >= 15 is 0 Å². The first-order chi connectivity index (χ1) is 8.22. The van der Waals surface area contributed by atoms with E-state index in [2.05, 4.69) is 5.32 Å². The normalized spacial score (nSPS) is 18.9. The zero-order chi connectivity index (χ0) is 12.3. The lowest BCUT2D eigenvalue weighted by molar-refractivity contribution is -0.141. The Labute approximate surface area is 110 Å². The number of carbonyl (C=O) groups excluding carboxylic acids is 1. The fourth-order valence-electron chi connectivity index (χ4n) is 1.61. The Morgan fingerprint density at radius 3 is 3.12 bits per heavy atom. The van der Waals surface area contributed by atoms with E-state index in [0.717, 1.165) is 17.0 Å². The number of ether oxygens (including phenoxy) is 1. The molecule has 1 aromatic rings. The molecule has 0 aromatic heterocycles. The Hall–Kier alpha value is -1.07. The van der Waals surface area contributed by atoms with Crippen LogP contribution in [-0.4, -0.2) is 22.8 Å². The average Bonchev–Trinajstić information content (AvgIpc) is 2.47. The van der Waals surface area contributed by atoms with Crippen molar-refractivity contribution >= 4 is 40.6 Å². The van der Waals surface area contributed by atoms with Gasteiger partial charge in [-0.1, -0.05) is 30.4 Å². The minimum Gasteiger partial charge on any atom is -0.465 e. The second-order valence-corrected chi connectivity index (χ2v) is 5.12. The quantitative estimate of drug-likeness (QED) is 0.658. The number of para-hydroxylation sites is 1. The fourth-order valence-corrected chi connectivity index (χ4v) is 3.03. The molecule has 0 amide bonds. The Balaban J connectivity index is 2.18. The van der Waals surface area contributed by atoms with Gasteiger partial charge in [-0.15, -0.1) is 11.8 Å². The Kier molecular flexibility index (Phi) is 4.02. The van der Waals surface area contributed by atoms with Gasteiger partial charge in [-0.2, -0.15) is 0 Å². The van der Waals surface area contributed by atoms with Crippen molar-refractivity contribution in [3.05, 3.63) is 29.8 Å². The number of anilines is 1. The number of benzene rings is 1. The molecule has 2 rings (SSSR count). The standard InChI is InChI=1S/C12H13NO2S2/c1-2-15-12(14)10-11(16)13-9-6-4-3-5-8(9)7-17-10/h3-6,10H,2,7H2,1H3,(H,13,16). The SMILES string of the molecule is CCOC(=O)C1SCc2ccccc2NC1=S. The maximum atomic E-state index is 11.7. The van der Waals surface area contributed by atoms with Crippen LogP contribution in [-0.2, 0) is 15.3 Å². The Morgan fingerprint density at radius 2 is 2.35 bits per heavy atom. The van der Waals surface area contributed by atoms with E-state index in [0.29, 0.717) is 11.6 Å². The summed E-state index contributed by atoms with van der Waals surface area (Å²) >= 11 is 6.75. The minimum atomic E-state index is -0.405. The lowest BCUT2D eigenvalue weighted by atomic mass is 10.2. The van der Waals surface area contributed by atoms with Gasteiger partial charge in [0.25, 0.3) is 0 Å². The first kappa shape index (κ1) is 12.4. The summed E-state index contributed by atoms with van der Waals surface area (Å²) < 4.78 is 5.02. The van der Waals surface area contributed by atoms with Crippen LogP contribution in [0.2, 0.25) is 0 Å². The highest BCUT2D eigenvalue weighted by Crippen LogP contribution is 2.29. The van der Waals surface area contributed by atoms with Gasteiger partial charge in [0.05, 0.1) is 6.61 Å². The number of hydrogen-bond acceptors (Lipinski definition) is 4. The van der Waals surface area contributed by atoms with Crippen LogP contribution in [0.4, 0.5) is 5.69 Å².